The Kier molecular flexibility index (Phi) is 4.60. The van der Waals surface area contributed by atoms with E-state index in [1.807, 2.05) is 35.7 Å². The van der Waals surface area contributed by atoms with E-state index >= 15 is 0 Å². The van der Waals surface area contributed by atoms with Gasteiger partial charge in [0.15, 0.2) is 12.4 Å². The maximum absolute atomic E-state index is 12.5. The van der Waals surface area contributed by atoms with Crippen molar-refractivity contribution in [2.45, 2.75) is 6.42 Å². The molecule has 1 aliphatic heterocycles. The van der Waals surface area contributed by atoms with Gasteiger partial charge < -0.3 is 15.0 Å². The fourth-order valence-electron chi connectivity index (χ4n) is 2.86. The molecule has 2 heterocycles. The fourth-order valence-corrected chi connectivity index (χ4v) is 3.69. The molecule has 1 aromatic heterocycles. The SMILES string of the molecule is CN1C(=O)COc2c(NC(=O)Cc3csc(-c4ccccc4)n3)cccc21. The summed E-state index contributed by atoms with van der Waals surface area (Å²) in [6.45, 7) is -0.0388. The van der Waals surface area contributed by atoms with E-state index in [1.165, 1.54) is 16.2 Å². The summed E-state index contributed by atoms with van der Waals surface area (Å²) in [5.41, 5.74) is 2.95. The third-order valence-corrected chi connectivity index (χ3v) is 5.20. The summed E-state index contributed by atoms with van der Waals surface area (Å²) in [6, 6.07) is 15.2. The van der Waals surface area contributed by atoms with E-state index < -0.39 is 0 Å². The van der Waals surface area contributed by atoms with Gasteiger partial charge in [-0.25, -0.2) is 4.98 Å². The zero-order valence-corrected chi connectivity index (χ0v) is 15.5. The number of nitrogens with zero attached hydrogens (tertiary/aromatic N) is 2. The van der Waals surface area contributed by atoms with Gasteiger partial charge in [0.25, 0.3) is 5.91 Å². The molecule has 27 heavy (non-hydrogen) atoms. The van der Waals surface area contributed by atoms with E-state index in [1.54, 1.807) is 25.2 Å². The van der Waals surface area contributed by atoms with Crippen molar-refractivity contribution in [3.05, 3.63) is 59.6 Å². The number of thiazole rings is 1. The van der Waals surface area contributed by atoms with Gasteiger partial charge in [0.05, 0.1) is 23.5 Å². The lowest BCUT2D eigenvalue weighted by Crippen LogP contribution is -2.35. The number of ether oxygens (including phenoxy) is 1. The van der Waals surface area contributed by atoms with E-state index in [2.05, 4.69) is 10.3 Å². The number of nitrogens with one attached hydrogen (secondary N) is 1. The van der Waals surface area contributed by atoms with Gasteiger partial charge in [-0.05, 0) is 12.1 Å². The number of anilines is 2. The molecule has 2 amide bonds. The zero-order chi connectivity index (χ0) is 18.8. The normalized spacial score (nSPS) is 13.1. The Labute approximate surface area is 160 Å². The monoisotopic (exact) mass is 379 g/mol. The molecule has 7 heteroatoms. The fraction of sp³-hybridized carbons (Fsp3) is 0.150. The van der Waals surface area contributed by atoms with Crippen LogP contribution in [0.25, 0.3) is 10.6 Å². The Morgan fingerprint density at radius 3 is 2.85 bits per heavy atom. The molecule has 6 nitrogen and oxygen atoms in total. The molecular weight excluding hydrogens is 362 g/mol. The molecule has 2 aromatic carbocycles. The van der Waals surface area contributed by atoms with Crippen molar-refractivity contribution in [3.63, 3.8) is 0 Å². The van der Waals surface area contributed by atoms with Crippen LogP contribution in [0.15, 0.2) is 53.9 Å². The highest BCUT2D eigenvalue weighted by atomic mass is 32.1. The molecule has 0 fully saturated rings. The van der Waals surface area contributed by atoms with Crippen molar-refractivity contribution in [2.75, 3.05) is 23.9 Å². The number of carbonyl (C=O) groups is 2. The number of carbonyl (C=O) groups excluding carboxylic acids is 2. The summed E-state index contributed by atoms with van der Waals surface area (Å²) < 4.78 is 5.53. The number of para-hydroxylation sites is 1. The summed E-state index contributed by atoms with van der Waals surface area (Å²) >= 11 is 1.51. The summed E-state index contributed by atoms with van der Waals surface area (Å²) in [5.74, 6) is 0.203. The summed E-state index contributed by atoms with van der Waals surface area (Å²) in [5, 5.41) is 5.65. The maximum Gasteiger partial charge on any atom is 0.264 e. The number of fused-ring (bicyclic) bond motifs is 1. The van der Waals surface area contributed by atoms with Crippen LogP contribution in [0.5, 0.6) is 5.75 Å². The quantitative estimate of drug-likeness (QED) is 0.755. The van der Waals surface area contributed by atoms with Crippen LogP contribution in [0.2, 0.25) is 0 Å². The number of likely N-dealkylation sites (N-methyl/N-ethyl adjacent to an activating group) is 1. The van der Waals surface area contributed by atoms with Gasteiger partial charge in [0.2, 0.25) is 5.91 Å². The molecule has 0 bridgehead atoms. The van der Waals surface area contributed by atoms with E-state index in [0.29, 0.717) is 17.1 Å². The molecule has 1 N–H and O–H groups in total. The Morgan fingerprint density at radius 2 is 2.04 bits per heavy atom. The minimum atomic E-state index is -0.184. The predicted octanol–water partition coefficient (Wildman–Crippen LogP) is 3.35. The van der Waals surface area contributed by atoms with Gasteiger partial charge in [-0.1, -0.05) is 36.4 Å². The van der Waals surface area contributed by atoms with Crippen molar-refractivity contribution in [1.82, 2.24) is 4.98 Å². The minimum absolute atomic E-state index is 0.0388. The van der Waals surface area contributed by atoms with Gasteiger partial charge in [0.1, 0.15) is 5.01 Å². The smallest absolute Gasteiger partial charge is 0.264 e. The molecule has 3 aromatic rings. The molecule has 0 spiro atoms. The van der Waals surface area contributed by atoms with E-state index in [4.69, 9.17) is 4.74 Å². The largest absolute Gasteiger partial charge is 0.479 e. The standard InChI is InChI=1S/C20H17N3O3S/c1-23-16-9-5-8-15(19(16)26-11-18(23)25)22-17(24)10-14-12-27-20(21-14)13-6-3-2-4-7-13/h2-9,12H,10-11H2,1H3,(H,22,24). The molecule has 1 aliphatic rings. The number of aromatic nitrogens is 1. The molecule has 0 radical (unpaired) electrons. The third kappa shape index (κ3) is 3.54. The first-order valence-corrected chi connectivity index (χ1v) is 9.32. The number of benzene rings is 2. The van der Waals surface area contributed by atoms with Crippen molar-refractivity contribution >= 4 is 34.5 Å². The van der Waals surface area contributed by atoms with Crippen LogP contribution in [0, 0.1) is 0 Å². The Bertz CT molecular complexity index is 1000. The molecule has 0 aliphatic carbocycles. The van der Waals surface area contributed by atoms with Crippen molar-refractivity contribution in [3.8, 4) is 16.3 Å². The lowest BCUT2D eigenvalue weighted by molar-refractivity contribution is -0.121. The molecule has 0 atom stereocenters. The van der Waals surface area contributed by atoms with E-state index in [9.17, 15) is 9.59 Å². The highest BCUT2D eigenvalue weighted by molar-refractivity contribution is 7.13. The van der Waals surface area contributed by atoms with Crippen LogP contribution in [0.3, 0.4) is 0 Å². The van der Waals surface area contributed by atoms with E-state index in [0.717, 1.165) is 16.3 Å². The summed E-state index contributed by atoms with van der Waals surface area (Å²) in [7, 11) is 1.69. The van der Waals surface area contributed by atoms with Crippen molar-refractivity contribution in [1.29, 1.82) is 0 Å². The van der Waals surface area contributed by atoms with Crippen LogP contribution in [0.4, 0.5) is 11.4 Å². The molecule has 0 saturated carbocycles. The highest BCUT2D eigenvalue weighted by Gasteiger charge is 2.25. The van der Waals surface area contributed by atoms with Gasteiger partial charge in [-0.2, -0.15) is 0 Å². The number of amides is 2. The maximum atomic E-state index is 12.5. The van der Waals surface area contributed by atoms with Gasteiger partial charge in [-0.3, -0.25) is 9.59 Å². The van der Waals surface area contributed by atoms with Gasteiger partial charge in [0, 0.05) is 18.0 Å². The van der Waals surface area contributed by atoms with Crippen molar-refractivity contribution in [2.24, 2.45) is 0 Å². The highest BCUT2D eigenvalue weighted by Crippen LogP contribution is 2.38. The summed E-state index contributed by atoms with van der Waals surface area (Å²) in [6.07, 6.45) is 0.168. The number of hydrogen-bond donors (Lipinski definition) is 1. The van der Waals surface area contributed by atoms with Gasteiger partial charge >= 0.3 is 0 Å². The second-order valence-electron chi connectivity index (χ2n) is 6.13. The first-order chi connectivity index (χ1) is 13.1. The minimum Gasteiger partial charge on any atom is -0.479 e. The third-order valence-electron chi connectivity index (χ3n) is 4.26. The Balaban J connectivity index is 1.48. The number of hydrogen-bond acceptors (Lipinski definition) is 5. The van der Waals surface area contributed by atoms with E-state index in [-0.39, 0.29) is 24.8 Å². The molecule has 4 rings (SSSR count). The lowest BCUT2D eigenvalue weighted by Gasteiger charge is -2.27. The predicted molar refractivity (Wildman–Crippen MR) is 105 cm³/mol. The van der Waals surface area contributed by atoms with Crippen LogP contribution >= 0.6 is 11.3 Å². The summed E-state index contributed by atoms with van der Waals surface area (Å²) in [4.78, 5) is 30.3. The topological polar surface area (TPSA) is 71.5 Å². The zero-order valence-electron chi connectivity index (χ0n) is 14.6. The van der Waals surface area contributed by atoms with Crippen molar-refractivity contribution < 1.29 is 14.3 Å². The lowest BCUT2D eigenvalue weighted by atomic mass is 10.2. The Hall–Kier alpha value is -3.19. The average molecular weight is 379 g/mol. The second-order valence-corrected chi connectivity index (χ2v) is 6.99. The van der Waals surface area contributed by atoms with Crippen LogP contribution in [0.1, 0.15) is 5.69 Å². The molecule has 0 unspecified atom stereocenters. The first-order valence-electron chi connectivity index (χ1n) is 8.44. The Morgan fingerprint density at radius 1 is 1.22 bits per heavy atom. The molecule has 136 valence electrons. The molecule has 0 saturated heterocycles. The average Bonchev–Trinajstić information content (AvgIpc) is 3.14. The second kappa shape index (κ2) is 7.20. The van der Waals surface area contributed by atoms with Crippen LogP contribution in [-0.2, 0) is 16.0 Å². The van der Waals surface area contributed by atoms with Crippen LogP contribution < -0.4 is 15.0 Å². The van der Waals surface area contributed by atoms with Gasteiger partial charge in [-0.15, -0.1) is 11.3 Å². The molecular formula is C20H17N3O3S. The number of rotatable bonds is 4. The first kappa shape index (κ1) is 17.2. The van der Waals surface area contributed by atoms with Crippen LogP contribution in [-0.4, -0.2) is 30.5 Å².